The molecule has 0 radical (unpaired) electrons. The number of pyridine rings is 1. The molecule has 2 aliphatic rings. The van der Waals surface area contributed by atoms with Crippen molar-refractivity contribution in [1.82, 2.24) is 28.7 Å². The predicted octanol–water partition coefficient (Wildman–Crippen LogP) is 16.4. The Bertz CT molecular complexity index is 4560. The molecule has 0 saturated carbocycles. The molecule has 0 aliphatic carbocycles. The highest BCUT2D eigenvalue weighted by Crippen LogP contribution is 2.45. The zero-order valence-corrected chi connectivity index (χ0v) is 38.3. The number of hydrogen-bond donors (Lipinski definition) is 0. The first-order chi connectivity index (χ1) is 35.2. The largest absolute Gasteiger partial charge is 0.309 e. The fourth-order valence-corrected chi connectivity index (χ4v) is 11.2. The summed E-state index contributed by atoms with van der Waals surface area (Å²) in [5.41, 5.74) is 16.9. The van der Waals surface area contributed by atoms with Crippen LogP contribution in [0.15, 0.2) is 243 Å². The number of aromatic nitrogens is 6. The maximum Gasteiger partial charge on any atom is 0.237 e. The van der Waals surface area contributed by atoms with Gasteiger partial charge in [-0.2, -0.15) is 0 Å². The monoisotopic (exact) mass is 904 g/mol. The lowest BCUT2D eigenvalue weighted by Crippen LogP contribution is -2.10. The topological polar surface area (TPSA) is 53.5 Å². The van der Waals surface area contributed by atoms with E-state index in [9.17, 15) is 0 Å². The van der Waals surface area contributed by atoms with Crippen LogP contribution in [0.4, 0.5) is 0 Å². The van der Waals surface area contributed by atoms with Crippen molar-refractivity contribution < 1.29 is 0 Å². The molecular formula is C65H40N6. The first kappa shape index (κ1) is 39.4. The summed E-state index contributed by atoms with van der Waals surface area (Å²) >= 11 is 0. The third kappa shape index (κ3) is 6.05. The molecule has 0 spiro atoms. The summed E-state index contributed by atoms with van der Waals surface area (Å²) in [5, 5.41) is 7.96. The fourth-order valence-electron chi connectivity index (χ4n) is 11.2. The average Bonchev–Trinajstić information content (AvgIpc) is 4.10. The van der Waals surface area contributed by atoms with Crippen LogP contribution in [0.2, 0.25) is 0 Å². The number of fused-ring (bicyclic) bond motifs is 11. The van der Waals surface area contributed by atoms with Crippen molar-refractivity contribution in [3.63, 3.8) is 0 Å². The summed E-state index contributed by atoms with van der Waals surface area (Å²) in [7, 11) is 0. The molecule has 0 unspecified atom stereocenters. The SMILES string of the molecule is c1ccc(-c2nc(-n3c4nc5ccccc5c-4cc4cc(-c5ccc6c7ccccc7n(-c7ccccc7)c6c5)cc(-c5ccc6c7ccccc7n(-c7ccccc7)c6c5)c43)nc3ccccc23)cc1. The maximum absolute atomic E-state index is 5.56. The Kier molecular flexibility index (Phi) is 8.56. The van der Waals surface area contributed by atoms with Gasteiger partial charge in [-0.1, -0.05) is 164 Å². The molecule has 0 fully saturated rings. The van der Waals surface area contributed by atoms with Crippen LogP contribution >= 0.6 is 0 Å². The van der Waals surface area contributed by atoms with E-state index in [2.05, 4.69) is 250 Å². The Labute approximate surface area is 407 Å². The van der Waals surface area contributed by atoms with Gasteiger partial charge in [0.05, 0.1) is 44.3 Å². The summed E-state index contributed by atoms with van der Waals surface area (Å²) in [6.45, 7) is 0. The summed E-state index contributed by atoms with van der Waals surface area (Å²) in [4.78, 5) is 16.4. The second-order valence-electron chi connectivity index (χ2n) is 18.4. The number of rotatable bonds is 6. The minimum Gasteiger partial charge on any atom is -0.309 e. The molecule has 6 nitrogen and oxygen atoms in total. The molecule has 0 atom stereocenters. The van der Waals surface area contributed by atoms with E-state index in [4.69, 9.17) is 15.0 Å². The minimum absolute atomic E-state index is 0.559. The second-order valence-corrected chi connectivity index (χ2v) is 18.4. The van der Waals surface area contributed by atoms with Crippen molar-refractivity contribution in [3.05, 3.63) is 243 Å². The first-order valence-electron chi connectivity index (χ1n) is 24.1. The molecule has 6 heteroatoms. The van der Waals surface area contributed by atoms with Crippen molar-refractivity contribution in [3.8, 4) is 62.2 Å². The van der Waals surface area contributed by atoms with Crippen LogP contribution in [-0.2, 0) is 0 Å². The Morgan fingerprint density at radius 1 is 0.282 bits per heavy atom. The van der Waals surface area contributed by atoms with Crippen LogP contribution in [0.25, 0.3) is 139 Å². The van der Waals surface area contributed by atoms with E-state index < -0.39 is 0 Å². The summed E-state index contributed by atoms with van der Waals surface area (Å²) < 4.78 is 7.02. The highest BCUT2D eigenvalue weighted by Gasteiger charge is 2.26. The van der Waals surface area contributed by atoms with Gasteiger partial charge >= 0.3 is 0 Å². The van der Waals surface area contributed by atoms with Crippen molar-refractivity contribution in [2.75, 3.05) is 0 Å². The van der Waals surface area contributed by atoms with Gasteiger partial charge in [0.15, 0.2) is 0 Å². The molecule has 13 aromatic rings. The predicted molar refractivity (Wildman–Crippen MR) is 293 cm³/mol. The highest BCUT2D eigenvalue weighted by atomic mass is 15.2. The van der Waals surface area contributed by atoms with Crippen molar-refractivity contribution in [1.29, 1.82) is 0 Å². The third-order valence-electron chi connectivity index (χ3n) is 14.4. The molecule has 0 saturated heterocycles. The standard InChI is InChI=1S/C65H40N6/c1-4-18-41(19-5-1)62-53-27-11-15-29-57(53)67-65(68-62)71-63-45(38-55-48-24-10-14-28-56(48)66-64(55)71)36-44(42-32-34-51-49-25-12-16-30-58(49)69(60(51)39-42)46-20-6-2-7-21-46)37-54(63)43-33-35-52-50-26-13-17-31-59(50)70(61(52)40-43)47-22-8-3-9-23-47/h1-40H. The van der Waals surface area contributed by atoms with Gasteiger partial charge in [0, 0.05) is 65.8 Å². The maximum atomic E-state index is 5.56. The molecule has 71 heavy (non-hydrogen) atoms. The van der Waals surface area contributed by atoms with Crippen LogP contribution in [0, 0.1) is 0 Å². The van der Waals surface area contributed by atoms with E-state index in [0.29, 0.717) is 5.95 Å². The Morgan fingerprint density at radius 3 is 1.44 bits per heavy atom. The van der Waals surface area contributed by atoms with E-state index in [0.717, 1.165) is 106 Å². The minimum atomic E-state index is 0.559. The van der Waals surface area contributed by atoms with Gasteiger partial charge < -0.3 is 9.13 Å². The van der Waals surface area contributed by atoms with E-state index in [1.807, 2.05) is 6.07 Å². The molecule has 0 amide bonds. The molecule has 10 aromatic carbocycles. The first-order valence-corrected chi connectivity index (χ1v) is 24.1. The zero-order chi connectivity index (χ0) is 46.6. The lowest BCUT2D eigenvalue weighted by atomic mass is 9.93. The molecule has 5 heterocycles. The molecule has 0 N–H and O–H groups in total. The van der Waals surface area contributed by atoms with E-state index in [1.165, 1.54) is 27.1 Å². The summed E-state index contributed by atoms with van der Waals surface area (Å²) in [6.07, 6.45) is 0. The average molecular weight is 905 g/mol. The third-order valence-corrected chi connectivity index (χ3v) is 14.4. The molecule has 330 valence electrons. The van der Waals surface area contributed by atoms with Gasteiger partial charge in [-0.25, -0.2) is 15.0 Å². The van der Waals surface area contributed by atoms with E-state index in [1.54, 1.807) is 0 Å². The van der Waals surface area contributed by atoms with Crippen molar-refractivity contribution >= 4 is 76.3 Å². The quantitative estimate of drug-likeness (QED) is 0.167. The van der Waals surface area contributed by atoms with Gasteiger partial charge in [-0.3, -0.25) is 4.57 Å². The second kappa shape index (κ2) is 15.4. The number of para-hydroxylation sites is 6. The fraction of sp³-hybridized carbons (Fsp3) is 0. The molecule has 3 aromatic heterocycles. The molecule has 2 aliphatic heterocycles. The normalized spacial score (nSPS) is 11.9. The van der Waals surface area contributed by atoms with Crippen LogP contribution in [0.5, 0.6) is 0 Å². The summed E-state index contributed by atoms with van der Waals surface area (Å²) in [5.74, 6) is 1.36. The van der Waals surface area contributed by atoms with Crippen LogP contribution in [-0.4, -0.2) is 28.7 Å². The Balaban J connectivity index is 1.09. The smallest absolute Gasteiger partial charge is 0.237 e. The molecule has 0 bridgehead atoms. The van der Waals surface area contributed by atoms with Crippen LogP contribution in [0.1, 0.15) is 0 Å². The van der Waals surface area contributed by atoms with Gasteiger partial charge in [0.2, 0.25) is 5.95 Å². The van der Waals surface area contributed by atoms with Gasteiger partial charge in [0.1, 0.15) is 5.82 Å². The van der Waals surface area contributed by atoms with Crippen LogP contribution in [0.3, 0.4) is 0 Å². The lowest BCUT2D eigenvalue weighted by molar-refractivity contribution is 0.962. The summed E-state index contributed by atoms with van der Waals surface area (Å²) in [6, 6.07) is 87.0. The lowest BCUT2D eigenvalue weighted by Gasteiger charge is -2.21. The number of nitrogens with zero attached hydrogens (tertiary/aromatic N) is 6. The number of benzene rings is 10. The molecular weight excluding hydrogens is 865 g/mol. The van der Waals surface area contributed by atoms with Gasteiger partial charge in [-0.05, 0) is 95.6 Å². The number of hydrogen-bond acceptors (Lipinski definition) is 3. The van der Waals surface area contributed by atoms with Crippen molar-refractivity contribution in [2.24, 2.45) is 0 Å². The van der Waals surface area contributed by atoms with Gasteiger partial charge in [-0.15, -0.1) is 0 Å². The molecule has 15 rings (SSSR count). The Hall–Kier alpha value is -9.65. The van der Waals surface area contributed by atoms with E-state index >= 15 is 0 Å². The van der Waals surface area contributed by atoms with E-state index in [-0.39, 0.29) is 0 Å². The van der Waals surface area contributed by atoms with Gasteiger partial charge in [0.25, 0.3) is 0 Å². The van der Waals surface area contributed by atoms with Crippen molar-refractivity contribution in [2.45, 2.75) is 0 Å². The van der Waals surface area contributed by atoms with Crippen LogP contribution < -0.4 is 0 Å². The zero-order valence-electron chi connectivity index (χ0n) is 38.3. The highest BCUT2D eigenvalue weighted by molar-refractivity contribution is 6.13. The Morgan fingerprint density at radius 2 is 0.789 bits per heavy atom.